The summed E-state index contributed by atoms with van der Waals surface area (Å²) in [6, 6.07) is 21.3. The predicted octanol–water partition coefficient (Wildman–Crippen LogP) is 5.22. The van der Waals surface area contributed by atoms with Crippen molar-refractivity contribution in [2.75, 3.05) is 0 Å². The van der Waals surface area contributed by atoms with Crippen molar-refractivity contribution in [3.63, 3.8) is 0 Å². The van der Waals surface area contributed by atoms with E-state index in [1.807, 2.05) is 66.7 Å². The molecule has 1 heterocycles. The Bertz CT molecular complexity index is 730. The highest BCUT2D eigenvalue weighted by molar-refractivity contribution is 9.10. The van der Waals surface area contributed by atoms with Crippen LogP contribution in [0.25, 0.3) is 0 Å². The fraction of sp³-hybridized carbons (Fsp3) is 0.0556. The lowest BCUT2D eigenvalue weighted by Gasteiger charge is -2.09. The first-order valence-electron chi connectivity index (χ1n) is 6.86. The summed E-state index contributed by atoms with van der Waals surface area (Å²) in [5, 5.41) is 0. The van der Waals surface area contributed by atoms with E-state index in [-0.39, 0.29) is 0 Å². The second kappa shape index (κ2) is 7.09. The van der Waals surface area contributed by atoms with E-state index < -0.39 is 0 Å². The van der Waals surface area contributed by atoms with Crippen molar-refractivity contribution in [1.29, 1.82) is 0 Å². The standard InChI is InChI=1S/C18H14BrNO2/c19-15-9-10-18(20-12-15)22-17-8-4-7-16(11-17)21-13-14-5-2-1-3-6-14/h1-12H,13H2. The molecule has 0 N–H and O–H groups in total. The third-order valence-electron chi connectivity index (χ3n) is 2.98. The van der Waals surface area contributed by atoms with Crippen molar-refractivity contribution in [1.82, 2.24) is 4.98 Å². The molecule has 0 aliphatic heterocycles. The Balaban J connectivity index is 1.66. The van der Waals surface area contributed by atoms with Gasteiger partial charge in [-0.25, -0.2) is 4.98 Å². The number of hydrogen-bond donors (Lipinski definition) is 0. The number of benzene rings is 2. The molecule has 0 unspecified atom stereocenters. The van der Waals surface area contributed by atoms with Gasteiger partial charge in [-0.05, 0) is 39.7 Å². The quantitative estimate of drug-likeness (QED) is 0.628. The maximum atomic E-state index is 5.78. The smallest absolute Gasteiger partial charge is 0.219 e. The van der Waals surface area contributed by atoms with Crippen LogP contribution in [0.3, 0.4) is 0 Å². The number of nitrogens with zero attached hydrogens (tertiary/aromatic N) is 1. The maximum absolute atomic E-state index is 5.78. The Morgan fingerprint density at radius 3 is 2.45 bits per heavy atom. The molecule has 0 fully saturated rings. The van der Waals surface area contributed by atoms with E-state index in [1.54, 1.807) is 6.20 Å². The molecule has 0 aliphatic carbocycles. The van der Waals surface area contributed by atoms with Gasteiger partial charge in [-0.1, -0.05) is 36.4 Å². The summed E-state index contributed by atoms with van der Waals surface area (Å²) in [5.74, 6) is 2.00. The number of ether oxygens (including phenoxy) is 2. The van der Waals surface area contributed by atoms with Gasteiger partial charge in [0.25, 0.3) is 0 Å². The van der Waals surface area contributed by atoms with Gasteiger partial charge >= 0.3 is 0 Å². The Morgan fingerprint density at radius 1 is 0.864 bits per heavy atom. The summed E-state index contributed by atoms with van der Waals surface area (Å²) in [6.45, 7) is 0.529. The zero-order valence-electron chi connectivity index (χ0n) is 11.8. The first kappa shape index (κ1) is 14.6. The van der Waals surface area contributed by atoms with Crippen LogP contribution < -0.4 is 9.47 Å². The first-order chi connectivity index (χ1) is 10.8. The van der Waals surface area contributed by atoms with E-state index in [0.717, 1.165) is 15.8 Å². The molecule has 2 aromatic carbocycles. The van der Waals surface area contributed by atoms with Gasteiger partial charge in [0.15, 0.2) is 0 Å². The summed E-state index contributed by atoms with van der Waals surface area (Å²) < 4.78 is 12.4. The van der Waals surface area contributed by atoms with Gasteiger partial charge in [-0.15, -0.1) is 0 Å². The minimum absolute atomic E-state index is 0.529. The average Bonchev–Trinajstić information content (AvgIpc) is 2.57. The zero-order chi connectivity index (χ0) is 15.2. The fourth-order valence-corrected chi connectivity index (χ4v) is 2.15. The van der Waals surface area contributed by atoms with Gasteiger partial charge < -0.3 is 9.47 Å². The lowest BCUT2D eigenvalue weighted by atomic mass is 10.2. The van der Waals surface area contributed by atoms with E-state index in [2.05, 4.69) is 20.9 Å². The molecule has 3 nitrogen and oxygen atoms in total. The highest BCUT2D eigenvalue weighted by Crippen LogP contribution is 2.25. The molecule has 3 aromatic rings. The predicted molar refractivity (Wildman–Crippen MR) is 89.2 cm³/mol. The average molecular weight is 356 g/mol. The monoisotopic (exact) mass is 355 g/mol. The van der Waals surface area contributed by atoms with Gasteiger partial charge in [0.05, 0.1) is 0 Å². The molecule has 0 spiro atoms. The summed E-state index contributed by atoms with van der Waals surface area (Å²) in [6.07, 6.45) is 1.70. The molecule has 0 amide bonds. The second-order valence-electron chi connectivity index (χ2n) is 4.67. The van der Waals surface area contributed by atoms with Gasteiger partial charge in [0, 0.05) is 22.8 Å². The lowest BCUT2D eigenvalue weighted by molar-refractivity contribution is 0.304. The van der Waals surface area contributed by atoms with Crippen LogP contribution >= 0.6 is 15.9 Å². The molecule has 22 heavy (non-hydrogen) atoms. The van der Waals surface area contributed by atoms with Crippen molar-refractivity contribution in [2.24, 2.45) is 0 Å². The van der Waals surface area contributed by atoms with Gasteiger partial charge in [-0.3, -0.25) is 0 Å². The van der Waals surface area contributed by atoms with E-state index in [0.29, 0.717) is 18.2 Å². The number of aromatic nitrogens is 1. The molecule has 1 aromatic heterocycles. The zero-order valence-corrected chi connectivity index (χ0v) is 13.4. The van der Waals surface area contributed by atoms with Gasteiger partial charge in [0.2, 0.25) is 5.88 Å². The van der Waals surface area contributed by atoms with E-state index in [9.17, 15) is 0 Å². The molecule has 0 radical (unpaired) electrons. The van der Waals surface area contributed by atoms with Crippen molar-refractivity contribution in [2.45, 2.75) is 6.61 Å². The highest BCUT2D eigenvalue weighted by atomic mass is 79.9. The van der Waals surface area contributed by atoms with Crippen molar-refractivity contribution in [3.8, 4) is 17.4 Å². The number of pyridine rings is 1. The minimum atomic E-state index is 0.529. The van der Waals surface area contributed by atoms with E-state index in [4.69, 9.17) is 9.47 Å². The molecular weight excluding hydrogens is 342 g/mol. The Hall–Kier alpha value is -2.33. The normalized spacial score (nSPS) is 10.2. The number of rotatable bonds is 5. The highest BCUT2D eigenvalue weighted by Gasteiger charge is 2.01. The molecule has 4 heteroatoms. The lowest BCUT2D eigenvalue weighted by Crippen LogP contribution is -1.95. The molecule has 3 rings (SSSR count). The number of hydrogen-bond acceptors (Lipinski definition) is 3. The topological polar surface area (TPSA) is 31.4 Å². The van der Waals surface area contributed by atoms with Crippen LogP contribution in [0.1, 0.15) is 5.56 Å². The van der Waals surface area contributed by atoms with Crippen molar-refractivity contribution in [3.05, 3.63) is 83.0 Å². The second-order valence-corrected chi connectivity index (χ2v) is 5.58. The molecule has 0 saturated carbocycles. The van der Waals surface area contributed by atoms with Crippen LogP contribution in [-0.4, -0.2) is 4.98 Å². The summed E-state index contributed by atoms with van der Waals surface area (Å²) >= 11 is 3.35. The van der Waals surface area contributed by atoms with Gasteiger partial charge in [-0.2, -0.15) is 0 Å². The summed E-state index contributed by atoms with van der Waals surface area (Å²) in [4.78, 5) is 4.19. The Kier molecular flexibility index (Phi) is 4.71. The molecule has 0 aliphatic rings. The number of halogens is 1. The van der Waals surface area contributed by atoms with Crippen LogP contribution in [0.15, 0.2) is 77.4 Å². The van der Waals surface area contributed by atoms with Gasteiger partial charge in [0.1, 0.15) is 18.1 Å². The van der Waals surface area contributed by atoms with E-state index >= 15 is 0 Å². The fourth-order valence-electron chi connectivity index (χ4n) is 1.91. The van der Waals surface area contributed by atoms with Crippen LogP contribution in [0, 0.1) is 0 Å². The summed E-state index contributed by atoms with van der Waals surface area (Å²) in [5.41, 5.74) is 1.13. The minimum Gasteiger partial charge on any atom is -0.489 e. The third-order valence-corrected chi connectivity index (χ3v) is 3.45. The Morgan fingerprint density at radius 2 is 1.68 bits per heavy atom. The van der Waals surface area contributed by atoms with Crippen LogP contribution in [-0.2, 0) is 6.61 Å². The molecular formula is C18H14BrNO2. The first-order valence-corrected chi connectivity index (χ1v) is 7.65. The van der Waals surface area contributed by atoms with E-state index in [1.165, 1.54) is 0 Å². The molecule has 110 valence electrons. The molecule has 0 atom stereocenters. The molecule has 0 saturated heterocycles. The maximum Gasteiger partial charge on any atom is 0.219 e. The third kappa shape index (κ3) is 4.09. The largest absolute Gasteiger partial charge is 0.489 e. The van der Waals surface area contributed by atoms with Crippen LogP contribution in [0.5, 0.6) is 17.4 Å². The summed E-state index contributed by atoms with van der Waals surface area (Å²) in [7, 11) is 0. The SMILES string of the molecule is Brc1ccc(Oc2cccc(OCc3ccccc3)c2)nc1. The van der Waals surface area contributed by atoms with Crippen molar-refractivity contribution >= 4 is 15.9 Å². The van der Waals surface area contributed by atoms with Crippen molar-refractivity contribution < 1.29 is 9.47 Å². The molecule has 0 bridgehead atoms. The Labute approximate surface area is 137 Å². The van der Waals surface area contributed by atoms with Crippen LogP contribution in [0.2, 0.25) is 0 Å². The van der Waals surface area contributed by atoms with Crippen LogP contribution in [0.4, 0.5) is 0 Å².